The number of carbonyl (C=O) groups excluding carboxylic acids is 3. The Bertz CT molecular complexity index is 940. The van der Waals surface area contributed by atoms with E-state index in [1.54, 1.807) is 17.0 Å². The van der Waals surface area contributed by atoms with Gasteiger partial charge in [-0.1, -0.05) is 42.5 Å². The van der Waals surface area contributed by atoms with Crippen LogP contribution in [0, 0.1) is 5.41 Å². The second-order valence-electron chi connectivity index (χ2n) is 8.02. The van der Waals surface area contributed by atoms with Gasteiger partial charge in [0.2, 0.25) is 0 Å². The van der Waals surface area contributed by atoms with E-state index < -0.39 is 5.97 Å². The predicted octanol–water partition coefficient (Wildman–Crippen LogP) is 4.30. The molecule has 2 fully saturated rings. The van der Waals surface area contributed by atoms with E-state index in [9.17, 15) is 14.4 Å². The third-order valence-electron chi connectivity index (χ3n) is 6.37. The van der Waals surface area contributed by atoms with Crippen LogP contribution in [0.1, 0.15) is 53.2 Å². The Morgan fingerprint density at radius 2 is 1.80 bits per heavy atom. The second-order valence-corrected chi connectivity index (χ2v) is 8.02. The first-order chi connectivity index (χ1) is 14.5. The number of likely N-dealkylation sites (tertiary alicyclic amines) is 1. The van der Waals surface area contributed by atoms with Gasteiger partial charge >= 0.3 is 12.1 Å². The first-order valence-corrected chi connectivity index (χ1v) is 10.2. The van der Waals surface area contributed by atoms with E-state index in [1.165, 1.54) is 7.11 Å². The number of rotatable bonds is 4. The highest BCUT2D eigenvalue weighted by molar-refractivity contribution is 5.91. The Labute approximate surface area is 175 Å². The highest BCUT2D eigenvalue weighted by Gasteiger charge is 2.51. The van der Waals surface area contributed by atoms with E-state index in [0.717, 1.165) is 17.5 Å². The van der Waals surface area contributed by atoms with Gasteiger partial charge in [0.05, 0.1) is 18.7 Å². The van der Waals surface area contributed by atoms with Crippen molar-refractivity contribution >= 4 is 17.8 Å². The molecule has 2 atom stereocenters. The van der Waals surface area contributed by atoms with Crippen LogP contribution in [0.3, 0.4) is 0 Å². The molecule has 0 N–H and O–H groups in total. The molecule has 1 aliphatic heterocycles. The van der Waals surface area contributed by atoms with Gasteiger partial charge in [0.25, 0.3) is 0 Å². The SMILES string of the molecule is COC(=O)c1ccc([C@@H]2CC3(CCC3=O)CCN2C(=O)OCc2ccccc2)cc1. The fraction of sp³-hybridized carbons (Fsp3) is 0.375. The first-order valence-electron chi connectivity index (χ1n) is 10.2. The second kappa shape index (κ2) is 8.30. The minimum absolute atomic E-state index is 0.203. The zero-order valence-corrected chi connectivity index (χ0v) is 17.0. The molecule has 1 saturated carbocycles. The fourth-order valence-electron chi connectivity index (χ4n) is 4.41. The molecule has 1 unspecified atom stereocenters. The Morgan fingerprint density at radius 1 is 1.07 bits per heavy atom. The third kappa shape index (κ3) is 3.82. The zero-order chi connectivity index (χ0) is 21.1. The van der Waals surface area contributed by atoms with Gasteiger partial charge in [0, 0.05) is 18.4 Å². The summed E-state index contributed by atoms with van der Waals surface area (Å²) in [6, 6.07) is 16.3. The van der Waals surface area contributed by atoms with Crippen LogP contribution < -0.4 is 0 Å². The first kappa shape index (κ1) is 20.1. The number of amides is 1. The van der Waals surface area contributed by atoms with Gasteiger partial charge in [0.15, 0.2) is 0 Å². The van der Waals surface area contributed by atoms with Crippen molar-refractivity contribution in [1.29, 1.82) is 0 Å². The fourth-order valence-corrected chi connectivity index (χ4v) is 4.41. The summed E-state index contributed by atoms with van der Waals surface area (Å²) in [4.78, 5) is 38.7. The lowest BCUT2D eigenvalue weighted by Crippen LogP contribution is -2.52. The van der Waals surface area contributed by atoms with Crippen molar-refractivity contribution in [2.45, 2.75) is 38.3 Å². The summed E-state index contributed by atoms with van der Waals surface area (Å²) in [5.41, 5.74) is 1.93. The van der Waals surface area contributed by atoms with Gasteiger partial charge in [0.1, 0.15) is 12.4 Å². The van der Waals surface area contributed by atoms with E-state index in [4.69, 9.17) is 9.47 Å². The van der Waals surface area contributed by atoms with Crippen molar-refractivity contribution in [3.05, 3.63) is 71.3 Å². The van der Waals surface area contributed by atoms with Gasteiger partial charge < -0.3 is 14.4 Å². The molecule has 1 heterocycles. The maximum Gasteiger partial charge on any atom is 0.410 e. The molecule has 2 aromatic rings. The predicted molar refractivity (Wildman–Crippen MR) is 110 cm³/mol. The standard InChI is InChI=1S/C24H25NO5/c1-29-22(27)19-9-7-18(8-10-19)20-15-24(12-11-21(24)26)13-14-25(20)23(28)30-16-17-5-3-2-4-6-17/h2-10,20H,11-16H2,1H3/t20-,24?/m0/s1. The molecule has 1 aliphatic carbocycles. The molecule has 0 aromatic heterocycles. The van der Waals surface area contributed by atoms with Crippen molar-refractivity contribution in [2.24, 2.45) is 5.41 Å². The van der Waals surface area contributed by atoms with Crippen LogP contribution in [0.25, 0.3) is 0 Å². The number of carbonyl (C=O) groups is 3. The third-order valence-corrected chi connectivity index (χ3v) is 6.37. The van der Waals surface area contributed by atoms with E-state index >= 15 is 0 Å². The monoisotopic (exact) mass is 407 g/mol. The summed E-state index contributed by atoms with van der Waals surface area (Å²) in [5, 5.41) is 0. The molecule has 6 nitrogen and oxygen atoms in total. The maximum absolute atomic E-state index is 12.9. The Kier molecular flexibility index (Phi) is 5.57. The summed E-state index contributed by atoms with van der Waals surface area (Å²) in [6.07, 6.45) is 2.36. The molecule has 1 spiro atoms. The maximum atomic E-state index is 12.9. The van der Waals surface area contributed by atoms with Crippen LogP contribution in [-0.2, 0) is 20.9 Å². The number of hydrogen-bond donors (Lipinski definition) is 0. The summed E-state index contributed by atoms with van der Waals surface area (Å²) in [5.74, 6) is -0.119. The molecule has 1 saturated heterocycles. The summed E-state index contributed by atoms with van der Waals surface area (Å²) in [6.45, 7) is 0.678. The molecule has 2 aliphatic rings. The van der Waals surface area contributed by atoms with Crippen LogP contribution in [0.2, 0.25) is 0 Å². The number of esters is 1. The molecule has 6 heteroatoms. The van der Waals surface area contributed by atoms with Crippen molar-refractivity contribution in [3.8, 4) is 0 Å². The lowest BCUT2D eigenvalue weighted by molar-refractivity contribution is -0.143. The van der Waals surface area contributed by atoms with Gasteiger partial charge in [-0.15, -0.1) is 0 Å². The van der Waals surface area contributed by atoms with Crippen molar-refractivity contribution < 1.29 is 23.9 Å². The number of benzene rings is 2. The van der Waals surface area contributed by atoms with E-state index in [0.29, 0.717) is 31.4 Å². The Hall–Kier alpha value is -3.15. The lowest BCUT2D eigenvalue weighted by Gasteiger charge is -2.49. The minimum Gasteiger partial charge on any atom is -0.465 e. The summed E-state index contributed by atoms with van der Waals surface area (Å²) >= 11 is 0. The van der Waals surface area contributed by atoms with E-state index in [1.807, 2.05) is 42.5 Å². The minimum atomic E-state index is -0.407. The van der Waals surface area contributed by atoms with E-state index in [-0.39, 0.29) is 29.9 Å². The number of Topliss-reactive ketones (excluding diaryl/α,β-unsaturated/α-hetero) is 1. The van der Waals surface area contributed by atoms with Crippen molar-refractivity contribution in [3.63, 3.8) is 0 Å². The number of ether oxygens (including phenoxy) is 2. The van der Waals surface area contributed by atoms with Crippen molar-refractivity contribution in [2.75, 3.05) is 13.7 Å². The van der Waals surface area contributed by atoms with Gasteiger partial charge in [-0.2, -0.15) is 0 Å². The molecule has 0 bridgehead atoms. The zero-order valence-electron chi connectivity index (χ0n) is 17.0. The molecular weight excluding hydrogens is 382 g/mol. The highest BCUT2D eigenvalue weighted by Crippen LogP contribution is 2.51. The molecule has 1 amide bonds. The smallest absolute Gasteiger partial charge is 0.410 e. The summed E-state index contributed by atoms with van der Waals surface area (Å²) < 4.78 is 10.3. The van der Waals surface area contributed by atoms with Gasteiger partial charge in [-0.25, -0.2) is 9.59 Å². The number of ketones is 1. The van der Waals surface area contributed by atoms with Crippen molar-refractivity contribution in [1.82, 2.24) is 4.90 Å². The Balaban J connectivity index is 1.54. The highest BCUT2D eigenvalue weighted by atomic mass is 16.6. The van der Waals surface area contributed by atoms with Crippen LogP contribution >= 0.6 is 0 Å². The molecule has 156 valence electrons. The van der Waals surface area contributed by atoms with Crippen LogP contribution in [0.5, 0.6) is 0 Å². The number of nitrogens with zero attached hydrogens (tertiary/aromatic N) is 1. The number of hydrogen-bond acceptors (Lipinski definition) is 5. The van der Waals surface area contributed by atoms with Crippen LogP contribution in [0.4, 0.5) is 4.79 Å². The molecular formula is C24H25NO5. The van der Waals surface area contributed by atoms with Crippen LogP contribution in [0.15, 0.2) is 54.6 Å². The average molecular weight is 407 g/mol. The molecule has 4 rings (SSSR count). The molecule has 2 aromatic carbocycles. The quantitative estimate of drug-likeness (QED) is 0.707. The Morgan fingerprint density at radius 3 is 2.40 bits per heavy atom. The number of methoxy groups -OCH3 is 1. The average Bonchev–Trinajstić information content (AvgIpc) is 2.81. The van der Waals surface area contributed by atoms with E-state index in [2.05, 4.69) is 0 Å². The van der Waals surface area contributed by atoms with Crippen LogP contribution in [-0.4, -0.2) is 36.4 Å². The normalized spacial score (nSPS) is 23.0. The summed E-state index contributed by atoms with van der Waals surface area (Å²) in [7, 11) is 1.34. The van der Waals surface area contributed by atoms with Gasteiger partial charge in [-0.3, -0.25) is 4.79 Å². The lowest BCUT2D eigenvalue weighted by atomic mass is 9.60. The van der Waals surface area contributed by atoms with Gasteiger partial charge in [-0.05, 0) is 42.5 Å². The number of piperidine rings is 1. The topological polar surface area (TPSA) is 72.9 Å². The molecule has 30 heavy (non-hydrogen) atoms. The largest absolute Gasteiger partial charge is 0.465 e. The molecule has 0 radical (unpaired) electrons.